The van der Waals surface area contributed by atoms with Gasteiger partial charge >= 0.3 is 0 Å². The van der Waals surface area contributed by atoms with Crippen LogP contribution in [0.2, 0.25) is 0 Å². The first-order valence-electron chi connectivity index (χ1n) is 4.08. The van der Waals surface area contributed by atoms with E-state index in [-0.39, 0.29) is 5.78 Å². The summed E-state index contributed by atoms with van der Waals surface area (Å²) in [5.74, 6) is 0.0237. The second-order valence-corrected chi connectivity index (χ2v) is 2.87. The summed E-state index contributed by atoms with van der Waals surface area (Å²) in [6, 6.07) is 0. The molecule has 0 aromatic rings. The van der Waals surface area contributed by atoms with E-state index in [9.17, 15) is 4.79 Å². The number of hydrogen-bond donors (Lipinski definition) is 0. The Morgan fingerprint density at radius 1 is 1.36 bits per heavy atom. The zero-order chi connectivity index (χ0) is 8.10. The molecule has 0 aromatic carbocycles. The molecule has 3 heteroatoms. The minimum absolute atomic E-state index is 0.0237. The number of Topliss-reactive ketones (excluding diaryl/α,β-unsaturated/α-hetero) is 1. The highest BCUT2D eigenvalue weighted by Crippen LogP contribution is 2.07. The Hall–Kier alpha value is -0.860. The molecular weight excluding hydrogens is 140 g/mol. The van der Waals surface area contributed by atoms with Gasteiger partial charge < -0.3 is 0 Å². The lowest BCUT2D eigenvalue weighted by Gasteiger charge is -2.22. The van der Waals surface area contributed by atoms with Crippen molar-refractivity contribution in [2.75, 3.05) is 13.1 Å². The van der Waals surface area contributed by atoms with Gasteiger partial charge in [0, 0.05) is 20.0 Å². The molecule has 0 unspecified atom stereocenters. The Balaban J connectivity index is 2.29. The zero-order valence-electron chi connectivity index (χ0n) is 6.92. The number of hydrazone groups is 1. The first kappa shape index (κ1) is 8.24. The van der Waals surface area contributed by atoms with E-state index in [1.807, 2.05) is 5.01 Å². The molecule has 0 saturated carbocycles. The minimum Gasteiger partial charge on any atom is -0.297 e. The van der Waals surface area contributed by atoms with Crippen LogP contribution in [0.25, 0.3) is 0 Å². The van der Waals surface area contributed by atoms with Crippen molar-refractivity contribution in [2.45, 2.75) is 26.2 Å². The van der Waals surface area contributed by atoms with Crippen molar-refractivity contribution < 1.29 is 4.79 Å². The van der Waals surface area contributed by atoms with E-state index >= 15 is 0 Å². The molecule has 1 aliphatic heterocycles. The summed E-state index contributed by atoms with van der Waals surface area (Å²) >= 11 is 0. The third-order valence-electron chi connectivity index (χ3n) is 1.74. The number of ketones is 1. The number of piperidine rings is 1. The van der Waals surface area contributed by atoms with Gasteiger partial charge in [-0.2, -0.15) is 5.10 Å². The Morgan fingerprint density at radius 3 is 2.55 bits per heavy atom. The van der Waals surface area contributed by atoms with Crippen molar-refractivity contribution in [2.24, 2.45) is 5.10 Å². The highest BCUT2D eigenvalue weighted by molar-refractivity contribution is 6.26. The Morgan fingerprint density at radius 2 is 2.00 bits per heavy atom. The lowest BCUT2D eigenvalue weighted by atomic mass is 10.2. The fourth-order valence-electron chi connectivity index (χ4n) is 1.16. The highest BCUT2D eigenvalue weighted by atomic mass is 16.1. The van der Waals surface area contributed by atoms with E-state index in [2.05, 4.69) is 5.10 Å². The minimum atomic E-state index is 0.0237. The van der Waals surface area contributed by atoms with Crippen molar-refractivity contribution in [1.29, 1.82) is 0 Å². The van der Waals surface area contributed by atoms with Crippen LogP contribution in [0.3, 0.4) is 0 Å². The molecule has 3 nitrogen and oxygen atoms in total. The standard InChI is InChI=1S/C8H14N2O/c1-8(11)7-9-10-5-3-2-4-6-10/h7H,2-6H2,1H3. The van der Waals surface area contributed by atoms with E-state index in [1.54, 1.807) is 0 Å². The van der Waals surface area contributed by atoms with Gasteiger partial charge in [0.05, 0.1) is 6.21 Å². The quantitative estimate of drug-likeness (QED) is 0.557. The van der Waals surface area contributed by atoms with Gasteiger partial charge in [-0.15, -0.1) is 0 Å². The summed E-state index contributed by atoms with van der Waals surface area (Å²) in [4.78, 5) is 10.5. The van der Waals surface area contributed by atoms with Crippen molar-refractivity contribution in [1.82, 2.24) is 5.01 Å². The molecule has 0 bridgehead atoms. The largest absolute Gasteiger partial charge is 0.297 e. The van der Waals surface area contributed by atoms with Crippen molar-refractivity contribution in [3.8, 4) is 0 Å². The average Bonchev–Trinajstić information content (AvgIpc) is 2.03. The maximum atomic E-state index is 10.5. The number of carbonyl (C=O) groups excluding carboxylic acids is 1. The Labute approximate surface area is 67.1 Å². The molecule has 11 heavy (non-hydrogen) atoms. The predicted molar refractivity (Wildman–Crippen MR) is 44.6 cm³/mol. The van der Waals surface area contributed by atoms with Crippen LogP contribution in [0.4, 0.5) is 0 Å². The van der Waals surface area contributed by atoms with Crippen molar-refractivity contribution >= 4 is 12.0 Å². The molecule has 1 heterocycles. The van der Waals surface area contributed by atoms with E-state index in [4.69, 9.17) is 0 Å². The normalized spacial score (nSPS) is 19.2. The number of carbonyl (C=O) groups is 1. The number of hydrogen-bond acceptors (Lipinski definition) is 3. The maximum absolute atomic E-state index is 10.5. The SMILES string of the molecule is CC(=O)C=NN1CCCCC1. The summed E-state index contributed by atoms with van der Waals surface area (Å²) < 4.78 is 0. The predicted octanol–water partition coefficient (Wildman–Crippen LogP) is 1.05. The lowest BCUT2D eigenvalue weighted by Crippen LogP contribution is -2.24. The third kappa shape index (κ3) is 3.16. The molecule has 0 atom stereocenters. The fraction of sp³-hybridized carbons (Fsp3) is 0.750. The molecule has 0 aromatic heterocycles. The molecular formula is C8H14N2O. The van der Waals surface area contributed by atoms with E-state index < -0.39 is 0 Å². The molecule has 1 fully saturated rings. The topological polar surface area (TPSA) is 32.7 Å². The van der Waals surface area contributed by atoms with Crippen LogP contribution in [0.5, 0.6) is 0 Å². The molecule has 62 valence electrons. The molecule has 0 aliphatic carbocycles. The zero-order valence-corrected chi connectivity index (χ0v) is 6.92. The number of nitrogens with zero attached hydrogens (tertiary/aromatic N) is 2. The molecule has 1 rings (SSSR count). The van der Waals surface area contributed by atoms with Gasteiger partial charge in [0.15, 0.2) is 5.78 Å². The molecule has 1 aliphatic rings. The van der Waals surface area contributed by atoms with Crippen LogP contribution in [0.15, 0.2) is 5.10 Å². The monoisotopic (exact) mass is 154 g/mol. The van der Waals surface area contributed by atoms with Gasteiger partial charge in [-0.25, -0.2) is 0 Å². The Bertz CT molecular complexity index is 159. The summed E-state index contributed by atoms with van der Waals surface area (Å²) in [5.41, 5.74) is 0. The Kier molecular flexibility index (Phi) is 3.08. The van der Waals surface area contributed by atoms with Crippen LogP contribution in [-0.4, -0.2) is 30.1 Å². The third-order valence-corrected chi connectivity index (χ3v) is 1.74. The van der Waals surface area contributed by atoms with Gasteiger partial charge in [-0.1, -0.05) is 0 Å². The molecule has 1 saturated heterocycles. The maximum Gasteiger partial charge on any atom is 0.172 e. The second kappa shape index (κ2) is 4.11. The molecule has 0 radical (unpaired) electrons. The van der Waals surface area contributed by atoms with Gasteiger partial charge in [-0.05, 0) is 19.3 Å². The highest BCUT2D eigenvalue weighted by Gasteiger charge is 2.05. The van der Waals surface area contributed by atoms with E-state index in [0.29, 0.717) is 0 Å². The van der Waals surface area contributed by atoms with Crippen molar-refractivity contribution in [3.63, 3.8) is 0 Å². The van der Waals surface area contributed by atoms with Crippen LogP contribution in [0.1, 0.15) is 26.2 Å². The molecule has 0 N–H and O–H groups in total. The average molecular weight is 154 g/mol. The smallest absolute Gasteiger partial charge is 0.172 e. The fourth-order valence-corrected chi connectivity index (χ4v) is 1.16. The molecule has 0 amide bonds. The first-order chi connectivity index (χ1) is 5.29. The van der Waals surface area contributed by atoms with Gasteiger partial charge in [-0.3, -0.25) is 9.80 Å². The summed E-state index contributed by atoms with van der Waals surface area (Å²) in [5, 5.41) is 6.00. The summed E-state index contributed by atoms with van der Waals surface area (Å²) in [7, 11) is 0. The van der Waals surface area contributed by atoms with Crippen LogP contribution in [0, 0.1) is 0 Å². The van der Waals surface area contributed by atoms with E-state index in [0.717, 1.165) is 13.1 Å². The van der Waals surface area contributed by atoms with Gasteiger partial charge in [0.25, 0.3) is 0 Å². The van der Waals surface area contributed by atoms with Crippen molar-refractivity contribution in [3.05, 3.63) is 0 Å². The van der Waals surface area contributed by atoms with Crippen LogP contribution < -0.4 is 0 Å². The van der Waals surface area contributed by atoms with Gasteiger partial charge in [0.2, 0.25) is 0 Å². The van der Waals surface area contributed by atoms with Crippen LogP contribution >= 0.6 is 0 Å². The van der Waals surface area contributed by atoms with Gasteiger partial charge in [0.1, 0.15) is 0 Å². The summed E-state index contributed by atoms with van der Waals surface area (Å²) in [6.45, 7) is 3.53. The first-order valence-corrected chi connectivity index (χ1v) is 4.08. The van der Waals surface area contributed by atoms with Crippen LogP contribution in [-0.2, 0) is 4.79 Å². The number of rotatable bonds is 2. The van der Waals surface area contributed by atoms with E-state index in [1.165, 1.54) is 32.4 Å². The lowest BCUT2D eigenvalue weighted by molar-refractivity contribution is -0.110. The second-order valence-electron chi connectivity index (χ2n) is 2.87. The summed E-state index contributed by atoms with van der Waals surface area (Å²) in [6.07, 6.45) is 5.10. The molecule has 0 spiro atoms.